The number of rotatable bonds is 10. The van der Waals surface area contributed by atoms with E-state index < -0.39 is 0 Å². The maximum atomic E-state index is 12.0. The average Bonchev–Trinajstić information content (AvgIpc) is 1.64. The molecule has 506 valence electrons. The van der Waals surface area contributed by atoms with Gasteiger partial charge in [0.2, 0.25) is 67.8 Å². The zero-order valence-electron chi connectivity index (χ0n) is 52.1. The van der Waals surface area contributed by atoms with Crippen LogP contribution in [-0.4, -0.2) is 183 Å². The number of hydrogen-bond donors (Lipinski definition) is 6. The van der Waals surface area contributed by atoms with E-state index in [0.29, 0.717) is 106 Å². The van der Waals surface area contributed by atoms with Crippen LogP contribution in [0.5, 0.6) is 0 Å². The number of aromatic nitrogens is 26. The van der Waals surface area contributed by atoms with Crippen molar-refractivity contribution in [2.24, 2.45) is 5.92 Å². The van der Waals surface area contributed by atoms with Gasteiger partial charge in [-0.1, -0.05) is 38.2 Å². The summed E-state index contributed by atoms with van der Waals surface area (Å²) in [5.41, 5.74) is 5.78. The molecule has 0 radical (unpaired) electrons. The molecule has 0 unspecified atom stereocenters. The first-order valence-corrected chi connectivity index (χ1v) is 32.1. The molecule has 0 atom stereocenters. The molecule has 2 saturated heterocycles. The number of likely N-dealkylation sites (N-methyl/N-ethyl adjacent to an activating group) is 1. The van der Waals surface area contributed by atoms with Crippen LogP contribution >= 0.6 is 22.7 Å². The Labute approximate surface area is 556 Å². The highest BCUT2D eigenvalue weighted by molar-refractivity contribution is 7.18. The highest BCUT2D eigenvalue weighted by atomic mass is 32.1. The van der Waals surface area contributed by atoms with Crippen molar-refractivity contribution in [1.29, 1.82) is 0 Å². The van der Waals surface area contributed by atoms with E-state index in [1.54, 1.807) is 17.5 Å². The Kier molecular flexibility index (Phi) is 19.5. The Morgan fingerprint density at radius 3 is 1.39 bits per heavy atom. The first kappa shape index (κ1) is 65.2. The second-order valence-electron chi connectivity index (χ2n) is 22.3. The van der Waals surface area contributed by atoms with Crippen LogP contribution in [0.25, 0.3) is 78.0 Å². The highest BCUT2D eigenvalue weighted by Crippen LogP contribution is 2.27. The summed E-state index contributed by atoms with van der Waals surface area (Å²) in [5.74, 6) is 3.80. The molecule has 15 aromatic rings. The lowest BCUT2D eigenvalue weighted by Crippen LogP contribution is -2.46. The van der Waals surface area contributed by atoms with Crippen molar-refractivity contribution in [2.75, 3.05) is 56.1 Å². The van der Waals surface area contributed by atoms with Crippen molar-refractivity contribution in [2.45, 2.75) is 77.6 Å². The lowest BCUT2D eigenvalue weighted by Gasteiger charge is -2.32. The van der Waals surface area contributed by atoms with E-state index in [9.17, 15) is 28.8 Å². The Bertz CT molecular complexity index is 5700. The van der Waals surface area contributed by atoms with E-state index in [1.807, 2.05) is 34.2 Å². The molecule has 0 bridgehead atoms. The molecular formula is C56H53N29O12S2. The zero-order chi connectivity index (χ0) is 68.4. The molecule has 18 rings (SSSR count). The normalized spacial score (nSPS) is 14.0. The molecule has 41 nitrogen and oxygen atoms in total. The quantitative estimate of drug-likeness (QED) is 0.107. The molecule has 0 spiro atoms. The molecule has 1 aromatic carbocycles. The van der Waals surface area contributed by atoms with Crippen LogP contribution in [0.3, 0.4) is 0 Å². The van der Waals surface area contributed by atoms with Crippen LogP contribution in [-0.2, 0) is 25.7 Å². The standard InChI is InChI=1S/C13H9N5O2S.C11H14N4O2.C9H12N6O2.C8H5N5O2S.C8H6N4O2.C7H7N5O2/c1-6-2-3-7-9(4-6)21-10(14-7)5-8-13(19)16-12-11(15-8)17-20-18-12;16-11-8(6-7-4-2-1-3-5-7)12-9-10(13-11)15-17-14-9;1-14-2-4-15(5-3-14)8-9(16)11-7-6(10-8)12-17-13-7;14-8-4(3-5-9-1-2-16-5)10-6-7(11-8)13-15-12-6;1-2-3-4-5-8(13)10-7-6(9-5)11-14-12-7;13-7-6(12-2-1-3-12)8-4-5(9-7)11-14-10-4/h2-4H,5H2,1H3,(H,16,18,19);7H,1-6H2,(H,13,15,16);2-5H2,1H3,(H,11,13,16);1-2H,3H2,(H,11,13,14);1H,3-4H2,(H,10,12,13);1-3H2,(H,9,11,13). The van der Waals surface area contributed by atoms with Crippen molar-refractivity contribution in [3.05, 3.63) is 130 Å². The largest absolute Gasteiger partial charge is 0.352 e. The number of nitrogens with zero attached hydrogens (tertiary/aromatic N) is 23. The van der Waals surface area contributed by atoms with Gasteiger partial charge in [0.15, 0.2) is 11.6 Å². The fourth-order valence-electron chi connectivity index (χ4n) is 10.2. The number of nitrogens with one attached hydrogen (secondary N) is 6. The van der Waals surface area contributed by atoms with Gasteiger partial charge in [-0.25, -0.2) is 57.7 Å². The van der Waals surface area contributed by atoms with Gasteiger partial charge >= 0.3 is 0 Å². The summed E-state index contributed by atoms with van der Waals surface area (Å²) in [7, 11) is 2.06. The summed E-state index contributed by atoms with van der Waals surface area (Å²) in [4.78, 5) is 125. The molecular weight excluding hydrogens is 1330 g/mol. The Balaban J connectivity index is 0.000000107. The van der Waals surface area contributed by atoms with Gasteiger partial charge in [0.05, 0.1) is 20.2 Å². The number of fused-ring (bicyclic) bond motifs is 7. The second-order valence-corrected chi connectivity index (χ2v) is 24.4. The first-order valence-electron chi connectivity index (χ1n) is 30.4. The molecule has 3 aliphatic rings. The van der Waals surface area contributed by atoms with Gasteiger partial charge in [-0.05, 0) is 112 Å². The lowest BCUT2D eigenvalue weighted by atomic mass is 9.86. The summed E-state index contributed by atoms with van der Waals surface area (Å²) in [6.07, 6.45) is 16.4. The number of terminal acetylenes is 1. The van der Waals surface area contributed by atoms with Crippen molar-refractivity contribution < 1.29 is 27.8 Å². The maximum Gasteiger partial charge on any atom is 0.292 e. The number of benzene rings is 1. The van der Waals surface area contributed by atoms with Gasteiger partial charge in [-0.15, -0.1) is 35.0 Å². The molecule has 43 heteroatoms. The molecule has 6 N–H and O–H groups in total. The molecule has 2 aliphatic heterocycles. The molecule has 0 amide bonds. The Morgan fingerprint density at radius 2 is 0.929 bits per heavy atom. The maximum absolute atomic E-state index is 12.0. The lowest BCUT2D eigenvalue weighted by molar-refractivity contribution is 0.311. The number of aromatic amines is 6. The van der Waals surface area contributed by atoms with Crippen molar-refractivity contribution >= 4 is 112 Å². The third kappa shape index (κ3) is 15.6. The molecule has 16 heterocycles. The second kappa shape index (κ2) is 29.7. The van der Waals surface area contributed by atoms with Gasteiger partial charge < -0.3 is 14.7 Å². The third-order valence-corrected chi connectivity index (χ3v) is 17.2. The van der Waals surface area contributed by atoms with Crippen LogP contribution < -0.4 is 43.2 Å². The number of H-pyrrole nitrogens is 6. The fraction of sp³-hybridized carbons (Fsp3) is 0.357. The van der Waals surface area contributed by atoms with Crippen molar-refractivity contribution in [3.8, 4) is 12.3 Å². The average molecular weight is 1390 g/mol. The smallest absolute Gasteiger partial charge is 0.292 e. The summed E-state index contributed by atoms with van der Waals surface area (Å²) >= 11 is 3.03. The minimum Gasteiger partial charge on any atom is -0.352 e. The van der Waals surface area contributed by atoms with Gasteiger partial charge in [-0.2, -0.15) is 9.97 Å². The number of aryl methyl sites for hydroxylation is 2. The predicted octanol–water partition coefficient (Wildman–Crippen LogP) is 2.04. The topological polar surface area (TPSA) is 544 Å². The number of thiazole rings is 2. The number of hydrogen-bond acceptors (Lipinski definition) is 37. The molecule has 3 fully saturated rings. The third-order valence-electron chi connectivity index (χ3n) is 15.4. The van der Waals surface area contributed by atoms with Crippen LogP contribution in [0.15, 0.2) is 86.3 Å². The summed E-state index contributed by atoms with van der Waals surface area (Å²) in [5, 5.41) is 46.2. The van der Waals surface area contributed by atoms with E-state index in [0.717, 1.165) is 72.3 Å². The number of piperazine rings is 1. The van der Waals surface area contributed by atoms with Crippen molar-refractivity contribution in [1.82, 2.24) is 137 Å². The summed E-state index contributed by atoms with van der Waals surface area (Å²) < 4.78 is 28.0. The highest BCUT2D eigenvalue weighted by Gasteiger charge is 2.23. The summed E-state index contributed by atoms with van der Waals surface area (Å²) in [6, 6.07) is 6.08. The van der Waals surface area contributed by atoms with E-state index in [1.165, 1.54) is 49.0 Å². The zero-order valence-corrected chi connectivity index (χ0v) is 53.7. The van der Waals surface area contributed by atoms with Gasteiger partial charge in [0.1, 0.15) is 22.8 Å². The van der Waals surface area contributed by atoms with Crippen LogP contribution in [0.1, 0.15) is 83.3 Å². The van der Waals surface area contributed by atoms with E-state index in [-0.39, 0.29) is 61.6 Å². The molecule has 1 saturated carbocycles. The first-order chi connectivity index (χ1) is 48.2. The molecule has 14 aromatic heterocycles. The van der Waals surface area contributed by atoms with Crippen LogP contribution in [0, 0.1) is 25.2 Å². The van der Waals surface area contributed by atoms with Gasteiger partial charge in [0, 0.05) is 76.5 Å². The Hall–Kier alpha value is -12.5. The monoisotopic (exact) mass is 1390 g/mol. The van der Waals surface area contributed by atoms with Crippen LogP contribution in [0.2, 0.25) is 0 Å². The Morgan fingerprint density at radius 1 is 0.495 bits per heavy atom. The molecule has 1 aliphatic carbocycles. The minimum absolute atomic E-state index is 0.168. The van der Waals surface area contributed by atoms with E-state index in [4.69, 9.17) is 6.42 Å². The van der Waals surface area contributed by atoms with Crippen LogP contribution in [0.4, 0.5) is 11.6 Å². The minimum atomic E-state index is -0.302. The predicted molar refractivity (Wildman–Crippen MR) is 347 cm³/mol. The van der Waals surface area contributed by atoms with Crippen molar-refractivity contribution in [3.63, 3.8) is 0 Å². The van der Waals surface area contributed by atoms with Gasteiger partial charge in [0.25, 0.3) is 33.4 Å². The fourth-order valence-corrected chi connectivity index (χ4v) is 11.9. The van der Waals surface area contributed by atoms with E-state index >= 15 is 0 Å². The molecule has 99 heavy (non-hydrogen) atoms. The number of anilines is 2. The SMILES string of the molecule is C#CCCc1nc2nonc2[nH]c1=O.CN1CCN(c2nc3nonc3[nH]c2=O)CC1.Cc1ccc2nc(Cc3nc4nonc4[nH]c3=O)sc2c1.O=c1[nH]c2nonc2nc1CC1CCCCC1.O=c1[nH]c2nonc2nc1Cc1nccs1.O=c1[nH]c2nonc2nc1N1CCC1. The van der Waals surface area contributed by atoms with Gasteiger partial charge in [-0.3, -0.25) is 58.7 Å². The van der Waals surface area contributed by atoms with E-state index in [2.05, 4.69) is 183 Å². The summed E-state index contributed by atoms with van der Waals surface area (Å²) in [6.45, 7) is 7.16.